The van der Waals surface area contributed by atoms with Crippen molar-refractivity contribution in [3.05, 3.63) is 12.7 Å². The van der Waals surface area contributed by atoms with Gasteiger partial charge in [0, 0.05) is 13.0 Å². The van der Waals surface area contributed by atoms with Crippen LogP contribution in [0.25, 0.3) is 0 Å². The summed E-state index contributed by atoms with van der Waals surface area (Å²) >= 11 is 0. The molecule has 0 saturated carbocycles. The molecule has 3 heteroatoms. The maximum atomic E-state index is 11.5. The fraction of sp³-hybridized carbons (Fsp3) is 0.800. The van der Waals surface area contributed by atoms with Crippen LogP contribution in [0.1, 0.15) is 51.4 Å². The van der Waals surface area contributed by atoms with E-state index in [1.165, 1.54) is 25.7 Å². The lowest BCUT2D eigenvalue weighted by molar-refractivity contribution is -0.121. The third kappa shape index (κ3) is 13.2. The van der Waals surface area contributed by atoms with Crippen molar-refractivity contribution in [3.63, 3.8) is 0 Å². The number of nitrogens with one attached hydrogen (secondary N) is 1. The fourth-order valence-corrected chi connectivity index (χ4v) is 1.82. The van der Waals surface area contributed by atoms with Gasteiger partial charge in [0.25, 0.3) is 0 Å². The fourth-order valence-electron chi connectivity index (χ4n) is 1.82. The predicted octanol–water partition coefficient (Wildman–Crippen LogP) is 2.97. The minimum Gasteiger partial charge on any atom is -0.356 e. The van der Waals surface area contributed by atoms with Gasteiger partial charge in [-0.1, -0.05) is 25.3 Å². The minimum atomic E-state index is 0.208. The first-order chi connectivity index (χ1) is 8.66. The van der Waals surface area contributed by atoms with Crippen molar-refractivity contribution in [2.24, 2.45) is 0 Å². The van der Waals surface area contributed by atoms with Gasteiger partial charge in [-0.25, -0.2) is 0 Å². The highest BCUT2D eigenvalue weighted by molar-refractivity contribution is 5.75. The SMILES string of the molecule is C=CCCCCCCCC(=O)NCCCN(C)C. The number of allylic oxidation sites excluding steroid dienone is 1. The van der Waals surface area contributed by atoms with E-state index in [2.05, 4.69) is 16.8 Å². The molecule has 0 aromatic carbocycles. The highest BCUT2D eigenvalue weighted by Gasteiger charge is 2.00. The van der Waals surface area contributed by atoms with Crippen LogP contribution in [0, 0.1) is 0 Å². The molecular weight excluding hydrogens is 224 g/mol. The molecule has 0 spiro atoms. The van der Waals surface area contributed by atoms with E-state index in [1.807, 2.05) is 20.2 Å². The molecule has 0 aliphatic rings. The van der Waals surface area contributed by atoms with E-state index in [4.69, 9.17) is 0 Å². The average Bonchev–Trinajstić information content (AvgIpc) is 2.33. The Morgan fingerprint density at radius 2 is 1.78 bits per heavy atom. The maximum Gasteiger partial charge on any atom is 0.219 e. The van der Waals surface area contributed by atoms with E-state index in [0.29, 0.717) is 6.42 Å². The lowest BCUT2D eigenvalue weighted by atomic mass is 10.1. The second kappa shape index (κ2) is 12.6. The van der Waals surface area contributed by atoms with Crippen LogP contribution in [0.4, 0.5) is 0 Å². The van der Waals surface area contributed by atoms with Crippen molar-refractivity contribution in [1.82, 2.24) is 10.2 Å². The van der Waals surface area contributed by atoms with Crippen molar-refractivity contribution in [2.45, 2.75) is 51.4 Å². The predicted molar refractivity (Wildman–Crippen MR) is 78.7 cm³/mol. The molecule has 106 valence electrons. The van der Waals surface area contributed by atoms with Crippen LogP contribution in [0.5, 0.6) is 0 Å². The van der Waals surface area contributed by atoms with Gasteiger partial charge in [-0.2, -0.15) is 0 Å². The van der Waals surface area contributed by atoms with E-state index < -0.39 is 0 Å². The summed E-state index contributed by atoms with van der Waals surface area (Å²) in [5.41, 5.74) is 0. The highest BCUT2D eigenvalue weighted by Crippen LogP contribution is 2.07. The van der Waals surface area contributed by atoms with Gasteiger partial charge < -0.3 is 10.2 Å². The quantitative estimate of drug-likeness (QED) is 0.429. The smallest absolute Gasteiger partial charge is 0.219 e. The molecule has 0 aliphatic carbocycles. The van der Waals surface area contributed by atoms with E-state index in [0.717, 1.165) is 32.4 Å². The number of amides is 1. The maximum absolute atomic E-state index is 11.5. The van der Waals surface area contributed by atoms with Crippen LogP contribution in [0.15, 0.2) is 12.7 Å². The summed E-state index contributed by atoms with van der Waals surface area (Å²) in [6, 6.07) is 0. The second-order valence-electron chi connectivity index (χ2n) is 5.10. The van der Waals surface area contributed by atoms with Crippen molar-refractivity contribution < 1.29 is 4.79 Å². The summed E-state index contributed by atoms with van der Waals surface area (Å²) in [4.78, 5) is 13.6. The van der Waals surface area contributed by atoms with Crippen LogP contribution in [-0.4, -0.2) is 38.0 Å². The average molecular weight is 254 g/mol. The Morgan fingerprint density at radius 3 is 2.44 bits per heavy atom. The molecule has 0 saturated heterocycles. The molecule has 0 radical (unpaired) electrons. The lowest BCUT2D eigenvalue weighted by Gasteiger charge is -2.09. The molecule has 0 rings (SSSR count). The monoisotopic (exact) mass is 254 g/mol. The van der Waals surface area contributed by atoms with Crippen LogP contribution in [-0.2, 0) is 4.79 Å². The molecule has 18 heavy (non-hydrogen) atoms. The van der Waals surface area contributed by atoms with Crippen molar-refractivity contribution in [1.29, 1.82) is 0 Å². The van der Waals surface area contributed by atoms with Crippen LogP contribution in [0.3, 0.4) is 0 Å². The first-order valence-electron chi connectivity index (χ1n) is 7.19. The molecule has 1 amide bonds. The molecule has 0 unspecified atom stereocenters. The van der Waals surface area contributed by atoms with Crippen molar-refractivity contribution in [3.8, 4) is 0 Å². The van der Waals surface area contributed by atoms with Crippen LogP contribution in [0.2, 0.25) is 0 Å². The molecule has 1 N–H and O–H groups in total. The Balaban J connectivity index is 3.19. The third-order valence-corrected chi connectivity index (χ3v) is 2.92. The Labute approximate surface area is 113 Å². The van der Waals surface area contributed by atoms with Crippen molar-refractivity contribution >= 4 is 5.91 Å². The largest absolute Gasteiger partial charge is 0.356 e. The number of hydrogen-bond acceptors (Lipinski definition) is 2. The molecule has 0 aliphatic heterocycles. The Bertz CT molecular complexity index is 215. The summed E-state index contributed by atoms with van der Waals surface area (Å²) in [6.07, 6.45) is 10.7. The molecule has 0 aromatic rings. The summed E-state index contributed by atoms with van der Waals surface area (Å²) in [5, 5.41) is 2.97. The van der Waals surface area contributed by atoms with Gasteiger partial charge in [0.1, 0.15) is 0 Å². The van der Waals surface area contributed by atoms with E-state index >= 15 is 0 Å². The summed E-state index contributed by atoms with van der Waals surface area (Å²) in [7, 11) is 4.10. The number of carbonyl (C=O) groups is 1. The first-order valence-corrected chi connectivity index (χ1v) is 7.19. The molecule has 0 atom stereocenters. The molecule has 0 heterocycles. The molecule has 0 fully saturated rings. The summed E-state index contributed by atoms with van der Waals surface area (Å²) in [5.74, 6) is 0.208. The zero-order valence-corrected chi connectivity index (χ0v) is 12.2. The normalized spacial score (nSPS) is 10.6. The third-order valence-electron chi connectivity index (χ3n) is 2.92. The second-order valence-corrected chi connectivity index (χ2v) is 5.10. The van der Waals surface area contributed by atoms with Gasteiger partial charge in [0.05, 0.1) is 0 Å². The number of hydrogen-bond donors (Lipinski definition) is 1. The number of nitrogens with zero attached hydrogens (tertiary/aromatic N) is 1. The Morgan fingerprint density at radius 1 is 1.11 bits per heavy atom. The first kappa shape index (κ1) is 17.2. The molecular formula is C15H30N2O. The molecule has 0 bridgehead atoms. The van der Waals surface area contributed by atoms with Gasteiger partial charge in [-0.3, -0.25) is 4.79 Å². The van der Waals surface area contributed by atoms with Gasteiger partial charge in [0.15, 0.2) is 0 Å². The Kier molecular flexibility index (Phi) is 12.0. The number of rotatable bonds is 12. The van der Waals surface area contributed by atoms with Gasteiger partial charge >= 0.3 is 0 Å². The zero-order valence-electron chi connectivity index (χ0n) is 12.2. The van der Waals surface area contributed by atoms with E-state index in [1.54, 1.807) is 0 Å². The van der Waals surface area contributed by atoms with Crippen LogP contribution >= 0.6 is 0 Å². The van der Waals surface area contributed by atoms with Gasteiger partial charge in [-0.05, 0) is 46.3 Å². The van der Waals surface area contributed by atoms with E-state index in [-0.39, 0.29) is 5.91 Å². The molecule has 0 aromatic heterocycles. The Hall–Kier alpha value is -0.830. The van der Waals surface area contributed by atoms with E-state index in [9.17, 15) is 4.79 Å². The standard InChI is InChI=1S/C15H30N2O/c1-4-5-6-7-8-9-10-12-15(18)16-13-11-14-17(2)3/h4H,1,5-14H2,2-3H3,(H,16,18). The van der Waals surface area contributed by atoms with Gasteiger partial charge in [0.2, 0.25) is 5.91 Å². The lowest BCUT2D eigenvalue weighted by Crippen LogP contribution is -2.26. The zero-order chi connectivity index (χ0) is 13.6. The molecule has 3 nitrogen and oxygen atoms in total. The minimum absolute atomic E-state index is 0.208. The summed E-state index contributed by atoms with van der Waals surface area (Å²) in [6.45, 7) is 5.54. The van der Waals surface area contributed by atoms with Gasteiger partial charge in [-0.15, -0.1) is 6.58 Å². The van der Waals surface area contributed by atoms with Crippen LogP contribution < -0.4 is 5.32 Å². The summed E-state index contributed by atoms with van der Waals surface area (Å²) < 4.78 is 0. The number of carbonyl (C=O) groups excluding carboxylic acids is 1. The van der Waals surface area contributed by atoms with Crippen molar-refractivity contribution in [2.75, 3.05) is 27.2 Å². The highest BCUT2D eigenvalue weighted by atomic mass is 16.1. The number of unbranched alkanes of at least 4 members (excludes halogenated alkanes) is 5. The topological polar surface area (TPSA) is 32.3 Å².